The van der Waals surface area contributed by atoms with E-state index >= 15 is 0 Å². The van der Waals surface area contributed by atoms with Crippen LogP contribution in [0, 0.1) is 6.92 Å². The molecule has 2 aromatic carbocycles. The number of ether oxygens (including phenoxy) is 1. The summed E-state index contributed by atoms with van der Waals surface area (Å²) in [5.74, 6) is 0.835. The van der Waals surface area contributed by atoms with E-state index in [2.05, 4.69) is 54.6 Å². The van der Waals surface area contributed by atoms with Gasteiger partial charge < -0.3 is 15.0 Å². The summed E-state index contributed by atoms with van der Waals surface area (Å²) in [7, 11) is 5.82. The highest BCUT2D eigenvalue weighted by molar-refractivity contribution is 5.67. The summed E-state index contributed by atoms with van der Waals surface area (Å²) in [6, 6.07) is 20.6. The number of pyridine rings is 1. The molecule has 0 saturated carbocycles. The van der Waals surface area contributed by atoms with Gasteiger partial charge in [0.1, 0.15) is 5.75 Å². The number of nitrogens with zero attached hydrogens (tertiary/aromatic N) is 2. The van der Waals surface area contributed by atoms with E-state index in [4.69, 9.17) is 9.72 Å². The maximum atomic E-state index is 5.30. The van der Waals surface area contributed by atoms with E-state index in [0.717, 1.165) is 40.6 Å². The molecular weight excluding hydrogens is 322 g/mol. The summed E-state index contributed by atoms with van der Waals surface area (Å²) in [6.45, 7) is 2.96. The third-order valence-electron chi connectivity index (χ3n) is 4.18. The SMILES string of the molecule is COc1cccc(-c2ccc(Nc3ccc(CN(C)C)cc3)c(C)n2)c1. The Morgan fingerprint density at radius 2 is 1.77 bits per heavy atom. The Kier molecular flexibility index (Phi) is 5.54. The van der Waals surface area contributed by atoms with Crippen LogP contribution in [0.2, 0.25) is 0 Å². The van der Waals surface area contributed by atoms with E-state index in [1.807, 2.05) is 37.3 Å². The van der Waals surface area contributed by atoms with Gasteiger partial charge in [0, 0.05) is 17.8 Å². The largest absolute Gasteiger partial charge is 0.497 e. The molecule has 0 unspecified atom stereocenters. The second-order valence-electron chi connectivity index (χ2n) is 6.62. The molecule has 0 amide bonds. The number of anilines is 2. The van der Waals surface area contributed by atoms with Crippen LogP contribution in [0.4, 0.5) is 11.4 Å². The van der Waals surface area contributed by atoms with E-state index < -0.39 is 0 Å². The van der Waals surface area contributed by atoms with Crippen LogP contribution in [0.1, 0.15) is 11.3 Å². The molecule has 0 aliphatic carbocycles. The van der Waals surface area contributed by atoms with E-state index in [9.17, 15) is 0 Å². The van der Waals surface area contributed by atoms with Crippen LogP contribution in [0.15, 0.2) is 60.7 Å². The minimum Gasteiger partial charge on any atom is -0.497 e. The molecule has 1 heterocycles. The molecule has 26 heavy (non-hydrogen) atoms. The van der Waals surface area contributed by atoms with Crippen molar-refractivity contribution in [3.05, 3.63) is 71.9 Å². The highest BCUT2D eigenvalue weighted by Gasteiger charge is 2.06. The Labute approximate surface area is 155 Å². The molecule has 0 spiro atoms. The molecular formula is C22H25N3O. The molecule has 0 aliphatic heterocycles. The average molecular weight is 347 g/mol. The van der Waals surface area contributed by atoms with Crippen molar-refractivity contribution >= 4 is 11.4 Å². The monoisotopic (exact) mass is 347 g/mol. The van der Waals surface area contributed by atoms with Crippen LogP contribution in [-0.4, -0.2) is 31.1 Å². The number of nitrogens with one attached hydrogen (secondary N) is 1. The van der Waals surface area contributed by atoms with Crippen LogP contribution < -0.4 is 10.1 Å². The van der Waals surface area contributed by atoms with Crippen molar-refractivity contribution in [2.24, 2.45) is 0 Å². The Morgan fingerprint density at radius 3 is 2.42 bits per heavy atom. The van der Waals surface area contributed by atoms with Gasteiger partial charge in [0.2, 0.25) is 0 Å². The Balaban J connectivity index is 1.77. The minimum atomic E-state index is 0.835. The molecule has 0 bridgehead atoms. The maximum Gasteiger partial charge on any atom is 0.119 e. The van der Waals surface area contributed by atoms with Gasteiger partial charge in [0.05, 0.1) is 24.2 Å². The summed E-state index contributed by atoms with van der Waals surface area (Å²) >= 11 is 0. The zero-order chi connectivity index (χ0) is 18.5. The average Bonchev–Trinajstić information content (AvgIpc) is 2.64. The van der Waals surface area contributed by atoms with E-state index in [1.165, 1.54) is 5.56 Å². The van der Waals surface area contributed by atoms with Crippen molar-refractivity contribution in [1.29, 1.82) is 0 Å². The van der Waals surface area contributed by atoms with Crippen LogP contribution in [0.5, 0.6) is 5.75 Å². The first kappa shape index (κ1) is 18.0. The Hall–Kier alpha value is -2.85. The Morgan fingerprint density at radius 1 is 1.00 bits per heavy atom. The van der Waals surface area contributed by atoms with E-state index in [-0.39, 0.29) is 0 Å². The zero-order valence-electron chi connectivity index (χ0n) is 15.8. The van der Waals surface area contributed by atoms with Crippen molar-refractivity contribution in [3.63, 3.8) is 0 Å². The number of aryl methyl sites for hydroxylation is 1. The van der Waals surface area contributed by atoms with Gasteiger partial charge in [-0.3, -0.25) is 4.98 Å². The fraction of sp³-hybridized carbons (Fsp3) is 0.227. The maximum absolute atomic E-state index is 5.30. The molecule has 0 radical (unpaired) electrons. The van der Waals surface area contributed by atoms with Gasteiger partial charge >= 0.3 is 0 Å². The zero-order valence-corrected chi connectivity index (χ0v) is 15.8. The first-order valence-corrected chi connectivity index (χ1v) is 8.68. The quantitative estimate of drug-likeness (QED) is 0.690. The highest BCUT2D eigenvalue weighted by atomic mass is 16.5. The number of methoxy groups -OCH3 is 1. The standard InChI is InChI=1S/C22H25N3O/c1-16-21(24-19-10-8-17(9-11-19)15-25(2)3)12-13-22(23-16)18-6-5-7-20(14-18)26-4/h5-14,24H,15H2,1-4H3. The topological polar surface area (TPSA) is 37.4 Å². The first-order valence-electron chi connectivity index (χ1n) is 8.68. The first-order chi connectivity index (χ1) is 12.5. The van der Waals surface area contributed by atoms with Gasteiger partial charge in [-0.15, -0.1) is 0 Å². The van der Waals surface area contributed by atoms with Crippen LogP contribution in [0.3, 0.4) is 0 Å². The lowest BCUT2D eigenvalue weighted by Gasteiger charge is -2.13. The van der Waals surface area contributed by atoms with Gasteiger partial charge in [-0.25, -0.2) is 0 Å². The molecule has 4 nitrogen and oxygen atoms in total. The summed E-state index contributed by atoms with van der Waals surface area (Å²) in [6.07, 6.45) is 0. The number of hydrogen-bond acceptors (Lipinski definition) is 4. The summed E-state index contributed by atoms with van der Waals surface area (Å²) < 4.78 is 5.30. The molecule has 3 aromatic rings. The van der Waals surface area contributed by atoms with Crippen molar-refractivity contribution in [3.8, 4) is 17.0 Å². The molecule has 0 atom stereocenters. The molecule has 1 N–H and O–H groups in total. The summed E-state index contributed by atoms with van der Waals surface area (Å²) in [4.78, 5) is 6.91. The Bertz CT molecular complexity index is 873. The van der Waals surface area contributed by atoms with Gasteiger partial charge in [-0.2, -0.15) is 0 Å². The second-order valence-corrected chi connectivity index (χ2v) is 6.62. The predicted molar refractivity (Wildman–Crippen MR) is 108 cm³/mol. The third kappa shape index (κ3) is 4.41. The van der Waals surface area contributed by atoms with Gasteiger partial charge in [0.25, 0.3) is 0 Å². The third-order valence-corrected chi connectivity index (χ3v) is 4.18. The van der Waals surface area contributed by atoms with Gasteiger partial charge in [-0.05, 0) is 63.0 Å². The number of aromatic nitrogens is 1. The fourth-order valence-electron chi connectivity index (χ4n) is 2.85. The van der Waals surface area contributed by atoms with Gasteiger partial charge in [-0.1, -0.05) is 24.3 Å². The van der Waals surface area contributed by atoms with Crippen LogP contribution >= 0.6 is 0 Å². The second kappa shape index (κ2) is 8.02. The highest BCUT2D eigenvalue weighted by Crippen LogP contribution is 2.26. The van der Waals surface area contributed by atoms with Crippen molar-refractivity contribution in [1.82, 2.24) is 9.88 Å². The lowest BCUT2D eigenvalue weighted by atomic mass is 10.1. The van der Waals surface area contributed by atoms with Crippen LogP contribution in [-0.2, 0) is 6.54 Å². The predicted octanol–water partition coefficient (Wildman–Crippen LogP) is 4.87. The minimum absolute atomic E-state index is 0.835. The van der Waals surface area contributed by atoms with Gasteiger partial charge in [0.15, 0.2) is 0 Å². The normalized spacial score (nSPS) is 10.8. The molecule has 0 saturated heterocycles. The molecule has 0 aliphatic rings. The van der Waals surface area contributed by atoms with Crippen molar-refractivity contribution in [2.45, 2.75) is 13.5 Å². The fourth-order valence-corrected chi connectivity index (χ4v) is 2.85. The number of hydrogen-bond donors (Lipinski definition) is 1. The molecule has 4 heteroatoms. The molecule has 134 valence electrons. The van der Waals surface area contributed by atoms with Crippen molar-refractivity contribution in [2.75, 3.05) is 26.5 Å². The number of benzene rings is 2. The number of rotatable bonds is 6. The molecule has 1 aromatic heterocycles. The lowest BCUT2D eigenvalue weighted by molar-refractivity contribution is 0.402. The summed E-state index contributed by atoms with van der Waals surface area (Å²) in [5.41, 5.74) is 6.32. The lowest BCUT2D eigenvalue weighted by Crippen LogP contribution is -2.10. The molecule has 3 rings (SSSR count). The smallest absolute Gasteiger partial charge is 0.119 e. The summed E-state index contributed by atoms with van der Waals surface area (Å²) in [5, 5.41) is 3.45. The van der Waals surface area contributed by atoms with E-state index in [0.29, 0.717) is 0 Å². The van der Waals surface area contributed by atoms with Crippen LogP contribution in [0.25, 0.3) is 11.3 Å². The molecule has 0 fully saturated rings. The van der Waals surface area contributed by atoms with E-state index in [1.54, 1.807) is 7.11 Å². The van der Waals surface area contributed by atoms with Crippen molar-refractivity contribution < 1.29 is 4.74 Å².